The van der Waals surface area contributed by atoms with Crippen LogP contribution < -0.4 is 0 Å². The molecule has 0 unspecified atom stereocenters. The van der Waals surface area contributed by atoms with Gasteiger partial charge in [0.2, 0.25) is 0 Å². The van der Waals surface area contributed by atoms with Gasteiger partial charge in [0.25, 0.3) is 0 Å². The Labute approximate surface area is 109 Å². The predicted molar refractivity (Wildman–Crippen MR) is 66.6 cm³/mol. The molecule has 1 heterocycles. The van der Waals surface area contributed by atoms with Crippen molar-refractivity contribution in [2.45, 2.75) is 19.3 Å². The summed E-state index contributed by atoms with van der Waals surface area (Å²) < 4.78 is 0. The van der Waals surface area contributed by atoms with E-state index in [0.717, 1.165) is 11.4 Å². The van der Waals surface area contributed by atoms with E-state index in [9.17, 15) is 4.79 Å². The van der Waals surface area contributed by atoms with Gasteiger partial charge in [-0.25, -0.2) is 4.98 Å². The fourth-order valence-electron chi connectivity index (χ4n) is 1.54. The van der Waals surface area contributed by atoms with Crippen molar-refractivity contribution in [2.75, 3.05) is 0 Å². The molecule has 0 radical (unpaired) electrons. The lowest BCUT2D eigenvalue weighted by molar-refractivity contribution is -0.137. The number of hydrogen-bond donors (Lipinski definition) is 2. The van der Waals surface area contributed by atoms with E-state index in [4.69, 9.17) is 16.7 Å². The standard InChI is InChI=1S/C12H12ClN3O2/c13-9-3-1-8(2-4-9)7-11-14-10(15-16-11)5-6-12(17)18/h1-4H,5-7H2,(H,17,18)(H,14,15,16). The maximum absolute atomic E-state index is 10.4. The van der Waals surface area contributed by atoms with Gasteiger partial charge in [-0.05, 0) is 17.7 Å². The van der Waals surface area contributed by atoms with Crippen molar-refractivity contribution >= 4 is 17.6 Å². The Bertz CT molecular complexity index is 537. The number of aryl methyl sites for hydroxylation is 1. The third kappa shape index (κ3) is 3.56. The smallest absolute Gasteiger partial charge is 0.303 e. The minimum Gasteiger partial charge on any atom is -0.481 e. The molecule has 2 N–H and O–H groups in total. The molecule has 0 aliphatic rings. The van der Waals surface area contributed by atoms with Crippen LogP contribution in [-0.2, 0) is 17.6 Å². The highest BCUT2D eigenvalue weighted by Gasteiger charge is 2.06. The summed E-state index contributed by atoms with van der Waals surface area (Å²) >= 11 is 5.80. The van der Waals surface area contributed by atoms with E-state index in [1.54, 1.807) is 0 Å². The van der Waals surface area contributed by atoms with Crippen molar-refractivity contribution in [1.82, 2.24) is 15.2 Å². The van der Waals surface area contributed by atoms with E-state index in [0.29, 0.717) is 23.7 Å². The third-order valence-electron chi connectivity index (χ3n) is 2.43. The molecule has 0 amide bonds. The van der Waals surface area contributed by atoms with Gasteiger partial charge in [-0.1, -0.05) is 23.7 Å². The molecule has 0 aliphatic carbocycles. The van der Waals surface area contributed by atoms with Crippen LogP contribution in [0.3, 0.4) is 0 Å². The summed E-state index contributed by atoms with van der Waals surface area (Å²) in [5.41, 5.74) is 1.07. The van der Waals surface area contributed by atoms with Crippen LogP contribution in [0, 0.1) is 0 Å². The number of nitrogens with one attached hydrogen (secondary N) is 1. The lowest BCUT2D eigenvalue weighted by Gasteiger charge is -1.97. The lowest BCUT2D eigenvalue weighted by Crippen LogP contribution is -1.99. The van der Waals surface area contributed by atoms with Crippen LogP contribution >= 0.6 is 11.6 Å². The summed E-state index contributed by atoms with van der Waals surface area (Å²) in [7, 11) is 0. The molecule has 0 saturated carbocycles. The highest BCUT2D eigenvalue weighted by atomic mass is 35.5. The minimum atomic E-state index is -0.848. The first-order chi connectivity index (χ1) is 8.63. The zero-order valence-electron chi connectivity index (χ0n) is 9.56. The minimum absolute atomic E-state index is 0.0399. The zero-order valence-corrected chi connectivity index (χ0v) is 10.3. The fraction of sp³-hybridized carbons (Fsp3) is 0.250. The van der Waals surface area contributed by atoms with Crippen LogP contribution in [0.5, 0.6) is 0 Å². The van der Waals surface area contributed by atoms with Crippen LogP contribution in [0.15, 0.2) is 24.3 Å². The number of hydrogen-bond acceptors (Lipinski definition) is 3. The predicted octanol–water partition coefficient (Wildman–Crippen LogP) is 2.07. The Morgan fingerprint density at radius 1 is 1.33 bits per heavy atom. The molecule has 0 saturated heterocycles. The van der Waals surface area contributed by atoms with Gasteiger partial charge >= 0.3 is 5.97 Å². The first-order valence-corrected chi connectivity index (χ1v) is 5.87. The van der Waals surface area contributed by atoms with E-state index < -0.39 is 5.97 Å². The zero-order chi connectivity index (χ0) is 13.0. The number of nitrogens with zero attached hydrogens (tertiary/aromatic N) is 2. The molecule has 0 fully saturated rings. The van der Waals surface area contributed by atoms with Crippen LogP contribution in [-0.4, -0.2) is 26.3 Å². The van der Waals surface area contributed by atoms with Gasteiger partial charge < -0.3 is 5.11 Å². The molecule has 5 nitrogen and oxygen atoms in total. The molecule has 0 spiro atoms. The molecular formula is C12H12ClN3O2. The second-order valence-corrected chi connectivity index (χ2v) is 4.33. The second kappa shape index (κ2) is 5.64. The van der Waals surface area contributed by atoms with E-state index >= 15 is 0 Å². The first-order valence-electron chi connectivity index (χ1n) is 5.50. The van der Waals surface area contributed by atoms with Crippen LogP contribution in [0.4, 0.5) is 0 Å². The fourth-order valence-corrected chi connectivity index (χ4v) is 1.67. The molecule has 1 aromatic carbocycles. The largest absolute Gasteiger partial charge is 0.481 e. The van der Waals surface area contributed by atoms with Crippen molar-refractivity contribution in [3.8, 4) is 0 Å². The van der Waals surface area contributed by atoms with Gasteiger partial charge in [0.05, 0.1) is 6.42 Å². The molecule has 94 valence electrons. The molecule has 1 aromatic heterocycles. The molecule has 0 bridgehead atoms. The summed E-state index contributed by atoms with van der Waals surface area (Å²) in [6.45, 7) is 0. The average molecular weight is 266 g/mol. The number of aromatic nitrogens is 3. The Hall–Kier alpha value is -1.88. The monoisotopic (exact) mass is 265 g/mol. The SMILES string of the molecule is O=C(O)CCc1n[nH]c(Cc2ccc(Cl)cc2)n1. The molecule has 18 heavy (non-hydrogen) atoms. The highest BCUT2D eigenvalue weighted by molar-refractivity contribution is 6.30. The van der Waals surface area contributed by atoms with E-state index in [1.165, 1.54) is 0 Å². The van der Waals surface area contributed by atoms with Gasteiger partial charge in [0.15, 0.2) is 5.82 Å². The summed E-state index contributed by atoms with van der Waals surface area (Å²) in [6.07, 6.45) is 1.00. The molecule has 2 aromatic rings. The number of carbonyl (C=O) groups is 1. The summed E-state index contributed by atoms with van der Waals surface area (Å²) in [5, 5.41) is 16.0. The number of carboxylic acids is 1. The first kappa shape index (κ1) is 12.6. The summed E-state index contributed by atoms with van der Waals surface area (Å²) in [5.74, 6) is 0.401. The number of benzene rings is 1. The second-order valence-electron chi connectivity index (χ2n) is 3.90. The van der Waals surface area contributed by atoms with E-state index in [-0.39, 0.29) is 6.42 Å². The number of halogens is 1. The Morgan fingerprint density at radius 3 is 2.72 bits per heavy atom. The van der Waals surface area contributed by atoms with Crippen molar-refractivity contribution in [3.63, 3.8) is 0 Å². The molecular weight excluding hydrogens is 254 g/mol. The quantitative estimate of drug-likeness (QED) is 0.867. The van der Waals surface area contributed by atoms with E-state index in [2.05, 4.69) is 15.2 Å². The normalized spacial score (nSPS) is 10.5. The van der Waals surface area contributed by atoms with Gasteiger partial charge in [-0.15, -0.1) is 0 Å². The molecule has 6 heteroatoms. The van der Waals surface area contributed by atoms with Crippen LogP contribution in [0.25, 0.3) is 0 Å². The third-order valence-corrected chi connectivity index (χ3v) is 2.68. The topological polar surface area (TPSA) is 78.9 Å². The number of aromatic amines is 1. The Kier molecular flexibility index (Phi) is 3.94. The number of H-pyrrole nitrogens is 1. The average Bonchev–Trinajstić information content (AvgIpc) is 2.77. The molecule has 2 rings (SSSR count). The lowest BCUT2D eigenvalue weighted by atomic mass is 10.1. The summed E-state index contributed by atoms with van der Waals surface area (Å²) in [4.78, 5) is 14.7. The van der Waals surface area contributed by atoms with Gasteiger partial charge in [-0.2, -0.15) is 5.10 Å². The van der Waals surface area contributed by atoms with Gasteiger partial charge in [0, 0.05) is 17.9 Å². The molecule has 0 atom stereocenters. The maximum atomic E-state index is 10.4. The summed E-state index contributed by atoms with van der Waals surface area (Å²) in [6, 6.07) is 7.47. The van der Waals surface area contributed by atoms with Crippen molar-refractivity contribution in [3.05, 3.63) is 46.5 Å². The van der Waals surface area contributed by atoms with Gasteiger partial charge in [0.1, 0.15) is 5.82 Å². The highest BCUT2D eigenvalue weighted by Crippen LogP contribution is 2.12. The maximum Gasteiger partial charge on any atom is 0.303 e. The van der Waals surface area contributed by atoms with Gasteiger partial charge in [-0.3, -0.25) is 9.89 Å². The van der Waals surface area contributed by atoms with Crippen molar-refractivity contribution in [2.24, 2.45) is 0 Å². The Balaban J connectivity index is 1.97. The van der Waals surface area contributed by atoms with Crippen molar-refractivity contribution in [1.29, 1.82) is 0 Å². The van der Waals surface area contributed by atoms with Crippen LogP contribution in [0.1, 0.15) is 23.6 Å². The van der Waals surface area contributed by atoms with E-state index in [1.807, 2.05) is 24.3 Å². The number of carboxylic acid groups (broad SMARTS) is 1. The van der Waals surface area contributed by atoms with Crippen molar-refractivity contribution < 1.29 is 9.90 Å². The Morgan fingerprint density at radius 2 is 2.06 bits per heavy atom. The number of rotatable bonds is 5. The number of aliphatic carboxylic acids is 1. The molecule has 0 aliphatic heterocycles. The van der Waals surface area contributed by atoms with Crippen LogP contribution in [0.2, 0.25) is 5.02 Å².